The summed E-state index contributed by atoms with van der Waals surface area (Å²) >= 11 is 1.11. The fraction of sp³-hybridized carbons (Fsp3) is 0.0556. The standard InChI is InChI=1S/C18H10F3N3O3S2/c19-18(20,21)14-8-13(7-6-12(14)9-22)29(26,27)24-16(25)15-10-28-17(23-15)11-4-2-1-3-5-11/h1-8,10H,(H,24,25). The Kier molecular flexibility index (Phi) is 5.41. The molecule has 0 aliphatic carbocycles. The van der Waals surface area contributed by atoms with Crippen molar-refractivity contribution in [1.82, 2.24) is 9.71 Å². The van der Waals surface area contributed by atoms with E-state index in [1.807, 2.05) is 0 Å². The summed E-state index contributed by atoms with van der Waals surface area (Å²) in [5.41, 5.74) is -1.60. The molecule has 2 aromatic carbocycles. The molecule has 0 atom stereocenters. The van der Waals surface area contributed by atoms with Gasteiger partial charge in [0.1, 0.15) is 10.7 Å². The molecule has 1 amide bonds. The number of carbonyl (C=O) groups is 1. The number of halogens is 3. The van der Waals surface area contributed by atoms with Crippen LogP contribution in [0.3, 0.4) is 0 Å². The van der Waals surface area contributed by atoms with Crippen LogP contribution >= 0.6 is 11.3 Å². The van der Waals surface area contributed by atoms with Gasteiger partial charge in [-0.15, -0.1) is 11.3 Å². The molecule has 3 rings (SSSR count). The Balaban J connectivity index is 1.88. The molecule has 6 nitrogen and oxygen atoms in total. The Hall–Kier alpha value is -3.23. The van der Waals surface area contributed by atoms with Gasteiger partial charge in [-0.2, -0.15) is 18.4 Å². The number of thiazole rings is 1. The van der Waals surface area contributed by atoms with Crippen molar-refractivity contribution in [3.8, 4) is 16.6 Å². The minimum Gasteiger partial charge on any atom is -0.266 e. The molecule has 0 aliphatic heterocycles. The van der Waals surface area contributed by atoms with Crippen LogP contribution in [0.5, 0.6) is 0 Å². The lowest BCUT2D eigenvalue weighted by Crippen LogP contribution is -2.31. The van der Waals surface area contributed by atoms with Crippen molar-refractivity contribution in [3.05, 3.63) is 70.7 Å². The van der Waals surface area contributed by atoms with Gasteiger partial charge >= 0.3 is 6.18 Å². The number of carbonyl (C=O) groups excluding carboxylic acids is 1. The van der Waals surface area contributed by atoms with Crippen molar-refractivity contribution in [2.75, 3.05) is 0 Å². The zero-order valence-electron chi connectivity index (χ0n) is 14.3. The number of aromatic nitrogens is 1. The monoisotopic (exact) mass is 437 g/mol. The van der Waals surface area contributed by atoms with E-state index >= 15 is 0 Å². The lowest BCUT2D eigenvalue weighted by molar-refractivity contribution is -0.137. The molecule has 0 saturated carbocycles. The average Bonchev–Trinajstić information content (AvgIpc) is 3.17. The maximum Gasteiger partial charge on any atom is 0.417 e. The molecular formula is C18H10F3N3O3S2. The molecule has 1 aromatic heterocycles. The Morgan fingerprint density at radius 3 is 2.45 bits per heavy atom. The van der Waals surface area contributed by atoms with E-state index < -0.39 is 38.1 Å². The molecule has 0 aliphatic rings. The van der Waals surface area contributed by atoms with Gasteiger partial charge in [0, 0.05) is 10.9 Å². The lowest BCUT2D eigenvalue weighted by atomic mass is 10.1. The lowest BCUT2D eigenvalue weighted by Gasteiger charge is -2.11. The number of alkyl halides is 3. The van der Waals surface area contributed by atoms with Gasteiger partial charge in [0.15, 0.2) is 0 Å². The minimum atomic E-state index is -4.93. The molecule has 0 radical (unpaired) electrons. The third-order valence-corrected chi connectivity index (χ3v) is 5.93. The van der Waals surface area contributed by atoms with Gasteiger partial charge in [-0.25, -0.2) is 18.1 Å². The molecule has 3 aromatic rings. The number of amides is 1. The van der Waals surface area contributed by atoms with Gasteiger partial charge in [-0.3, -0.25) is 4.79 Å². The highest BCUT2D eigenvalue weighted by atomic mass is 32.2. The molecule has 11 heteroatoms. The SMILES string of the molecule is N#Cc1ccc(S(=O)(=O)NC(=O)c2csc(-c3ccccc3)n2)cc1C(F)(F)F. The molecule has 29 heavy (non-hydrogen) atoms. The predicted octanol–water partition coefficient (Wildman–Crippen LogP) is 3.82. The first-order chi connectivity index (χ1) is 13.6. The molecule has 0 unspecified atom stereocenters. The summed E-state index contributed by atoms with van der Waals surface area (Å²) in [6, 6.07) is 12.1. The number of sulfonamides is 1. The van der Waals surface area contributed by atoms with Crippen LogP contribution < -0.4 is 4.72 Å². The summed E-state index contributed by atoms with van der Waals surface area (Å²) in [4.78, 5) is 15.5. The van der Waals surface area contributed by atoms with Crippen molar-refractivity contribution in [1.29, 1.82) is 5.26 Å². The predicted molar refractivity (Wildman–Crippen MR) is 98.4 cm³/mol. The smallest absolute Gasteiger partial charge is 0.266 e. The number of hydrogen-bond acceptors (Lipinski definition) is 6. The summed E-state index contributed by atoms with van der Waals surface area (Å²) in [6.07, 6.45) is -4.93. The third kappa shape index (κ3) is 4.44. The molecule has 0 fully saturated rings. The second-order valence-electron chi connectivity index (χ2n) is 5.66. The van der Waals surface area contributed by atoms with Crippen molar-refractivity contribution in [3.63, 3.8) is 0 Å². The topological polar surface area (TPSA) is 99.9 Å². The highest BCUT2D eigenvalue weighted by Crippen LogP contribution is 2.33. The van der Waals surface area contributed by atoms with Crippen LogP contribution in [0.1, 0.15) is 21.6 Å². The Morgan fingerprint density at radius 2 is 1.83 bits per heavy atom. The number of benzene rings is 2. The van der Waals surface area contributed by atoms with Gasteiger partial charge in [-0.1, -0.05) is 30.3 Å². The summed E-state index contributed by atoms with van der Waals surface area (Å²) in [5, 5.41) is 10.6. The van der Waals surface area contributed by atoms with E-state index in [1.165, 1.54) is 11.4 Å². The van der Waals surface area contributed by atoms with E-state index in [-0.39, 0.29) is 5.69 Å². The number of nitrogens with zero attached hydrogens (tertiary/aromatic N) is 2. The summed E-state index contributed by atoms with van der Waals surface area (Å²) in [7, 11) is -4.62. The quantitative estimate of drug-likeness (QED) is 0.669. The fourth-order valence-corrected chi connectivity index (χ4v) is 4.14. The van der Waals surface area contributed by atoms with Crippen molar-refractivity contribution in [2.24, 2.45) is 0 Å². The highest BCUT2D eigenvalue weighted by Gasteiger charge is 2.35. The second kappa shape index (κ2) is 7.65. The second-order valence-corrected chi connectivity index (χ2v) is 8.20. The maximum absolute atomic E-state index is 13.1. The van der Waals surface area contributed by atoms with E-state index in [4.69, 9.17) is 5.26 Å². The number of hydrogen-bond donors (Lipinski definition) is 1. The molecule has 1 heterocycles. The van der Waals surface area contributed by atoms with Crippen LogP contribution in [0.15, 0.2) is 58.8 Å². The normalized spacial score (nSPS) is 11.7. The van der Waals surface area contributed by atoms with Gasteiger partial charge in [0.2, 0.25) is 0 Å². The molecule has 1 N–H and O–H groups in total. The van der Waals surface area contributed by atoms with Crippen molar-refractivity contribution >= 4 is 27.3 Å². The third-order valence-electron chi connectivity index (χ3n) is 3.71. The van der Waals surface area contributed by atoms with E-state index in [9.17, 15) is 26.4 Å². The number of nitriles is 1. The fourth-order valence-electron chi connectivity index (χ4n) is 2.35. The summed E-state index contributed by atoms with van der Waals surface area (Å²) in [6.45, 7) is 0. The summed E-state index contributed by atoms with van der Waals surface area (Å²) < 4.78 is 65.6. The van der Waals surface area contributed by atoms with E-state index in [0.29, 0.717) is 11.1 Å². The summed E-state index contributed by atoms with van der Waals surface area (Å²) in [5.74, 6) is -1.08. The van der Waals surface area contributed by atoms with Crippen LogP contribution in [0.25, 0.3) is 10.6 Å². The molecule has 0 spiro atoms. The van der Waals surface area contributed by atoms with Crippen LogP contribution in [-0.2, 0) is 16.2 Å². The minimum absolute atomic E-state index is 0.192. The van der Waals surface area contributed by atoms with Crippen LogP contribution in [0.2, 0.25) is 0 Å². The average molecular weight is 437 g/mol. The molecular weight excluding hydrogens is 427 g/mol. The Bertz CT molecular complexity index is 1210. The van der Waals surface area contributed by atoms with Crippen molar-refractivity contribution in [2.45, 2.75) is 11.1 Å². The Morgan fingerprint density at radius 1 is 1.14 bits per heavy atom. The van der Waals surface area contributed by atoms with E-state index in [1.54, 1.807) is 35.1 Å². The van der Waals surface area contributed by atoms with Gasteiger partial charge in [-0.05, 0) is 18.2 Å². The molecule has 0 bridgehead atoms. The first-order valence-corrected chi connectivity index (χ1v) is 10.2. The van der Waals surface area contributed by atoms with E-state index in [2.05, 4.69) is 4.98 Å². The highest BCUT2D eigenvalue weighted by molar-refractivity contribution is 7.90. The largest absolute Gasteiger partial charge is 0.417 e. The number of rotatable bonds is 4. The van der Waals surface area contributed by atoms with Crippen LogP contribution in [0.4, 0.5) is 13.2 Å². The first-order valence-electron chi connectivity index (χ1n) is 7.81. The molecule has 148 valence electrons. The van der Waals surface area contributed by atoms with Gasteiger partial charge < -0.3 is 0 Å². The molecule has 0 saturated heterocycles. The van der Waals surface area contributed by atoms with Crippen molar-refractivity contribution < 1.29 is 26.4 Å². The van der Waals surface area contributed by atoms with Gasteiger partial charge in [0.05, 0.1) is 22.1 Å². The van der Waals surface area contributed by atoms with E-state index in [0.717, 1.165) is 29.0 Å². The maximum atomic E-state index is 13.1. The zero-order chi connectivity index (χ0) is 21.2. The van der Waals surface area contributed by atoms with Crippen LogP contribution in [0, 0.1) is 11.3 Å². The van der Waals surface area contributed by atoms with Crippen LogP contribution in [-0.4, -0.2) is 19.3 Å². The Labute approximate surface area is 167 Å². The number of nitrogens with one attached hydrogen (secondary N) is 1. The first kappa shape index (κ1) is 20.5. The zero-order valence-corrected chi connectivity index (χ0v) is 15.9. The van der Waals surface area contributed by atoms with Gasteiger partial charge in [0.25, 0.3) is 15.9 Å².